The number of fused-ring (bicyclic) bond motifs is 5. The third-order valence-corrected chi connectivity index (χ3v) is 8.61. The van der Waals surface area contributed by atoms with Crippen LogP contribution in [0.5, 0.6) is 0 Å². The van der Waals surface area contributed by atoms with Gasteiger partial charge in [0.2, 0.25) is 0 Å². The number of aliphatic hydroxyl groups excluding tert-OH is 1. The number of rotatable bonds is 1. The predicted molar refractivity (Wildman–Crippen MR) is 86.8 cm³/mol. The molecule has 0 amide bonds. The summed E-state index contributed by atoms with van der Waals surface area (Å²) in [6, 6.07) is -0.368. The number of carbonyl (C=O) groups is 1. The number of ketones is 1. The van der Waals surface area contributed by atoms with E-state index in [0.717, 1.165) is 25.7 Å². The van der Waals surface area contributed by atoms with Crippen LogP contribution in [-0.2, 0) is 4.79 Å². The summed E-state index contributed by atoms with van der Waals surface area (Å²) in [7, 11) is 0. The van der Waals surface area contributed by atoms with E-state index in [1.54, 1.807) is 0 Å². The van der Waals surface area contributed by atoms with Gasteiger partial charge in [0, 0.05) is 6.42 Å². The minimum atomic E-state index is -0.368. The molecule has 0 bridgehead atoms. The van der Waals surface area contributed by atoms with E-state index in [0.29, 0.717) is 35.5 Å². The molecule has 2 unspecified atom stereocenters. The van der Waals surface area contributed by atoms with Crippen LogP contribution in [0.1, 0.15) is 65.2 Å². The van der Waals surface area contributed by atoms with Gasteiger partial charge in [-0.25, -0.2) is 0 Å². The van der Waals surface area contributed by atoms with E-state index in [1.807, 2.05) is 0 Å². The highest BCUT2D eigenvalue weighted by Crippen LogP contribution is 2.65. The zero-order valence-corrected chi connectivity index (χ0v) is 14.4. The van der Waals surface area contributed by atoms with E-state index in [9.17, 15) is 15.1 Å². The predicted octanol–water partition coefficient (Wildman–Crippen LogP) is 2.92. The summed E-state index contributed by atoms with van der Waals surface area (Å²) in [5.41, 5.74) is 2.60. The average Bonchev–Trinajstić information content (AvgIpc) is 2.77. The second kappa shape index (κ2) is 5.27. The molecule has 4 heteroatoms. The third kappa shape index (κ3) is 2.11. The lowest BCUT2D eigenvalue weighted by Crippen LogP contribution is -2.55. The Morgan fingerprint density at radius 3 is 2.52 bits per heavy atom. The first-order chi connectivity index (χ1) is 10.9. The van der Waals surface area contributed by atoms with Crippen molar-refractivity contribution in [3.8, 4) is 0 Å². The smallest absolute Gasteiger partial charge is 0.152 e. The molecule has 23 heavy (non-hydrogen) atoms. The van der Waals surface area contributed by atoms with Crippen LogP contribution in [0.3, 0.4) is 0 Å². The Bertz CT molecular complexity index is 509. The van der Waals surface area contributed by atoms with Gasteiger partial charge in [-0.1, -0.05) is 13.8 Å². The van der Waals surface area contributed by atoms with E-state index in [-0.39, 0.29) is 23.3 Å². The molecule has 4 nitrogen and oxygen atoms in total. The van der Waals surface area contributed by atoms with Crippen molar-refractivity contribution in [2.45, 2.75) is 77.4 Å². The lowest BCUT2D eigenvalue weighted by atomic mass is 9.45. The molecule has 0 aromatic heterocycles. The summed E-state index contributed by atoms with van der Waals surface area (Å²) in [5.74, 6) is 2.58. The largest absolute Gasteiger partial charge is 0.393 e. The molecule has 0 saturated heterocycles. The van der Waals surface area contributed by atoms with Gasteiger partial charge in [0.25, 0.3) is 0 Å². The van der Waals surface area contributed by atoms with Crippen LogP contribution in [0.25, 0.3) is 0 Å². The van der Waals surface area contributed by atoms with Gasteiger partial charge in [-0.05, 0) is 79.4 Å². The van der Waals surface area contributed by atoms with Crippen molar-refractivity contribution in [2.75, 3.05) is 0 Å². The van der Waals surface area contributed by atoms with Crippen molar-refractivity contribution in [3.05, 3.63) is 0 Å². The van der Waals surface area contributed by atoms with Crippen LogP contribution in [0.4, 0.5) is 0 Å². The van der Waals surface area contributed by atoms with E-state index in [1.165, 1.54) is 19.3 Å². The maximum atomic E-state index is 12.4. The van der Waals surface area contributed by atoms with Crippen LogP contribution in [0, 0.1) is 34.5 Å². The fraction of sp³-hybridized carbons (Fsp3) is 0.947. The minimum Gasteiger partial charge on any atom is -0.393 e. The number of nitrogens with one attached hydrogen (secondary N) is 1. The molecular formula is C19H31NO3. The van der Waals surface area contributed by atoms with Gasteiger partial charge in [-0.2, -0.15) is 5.48 Å². The highest BCUT2D eigenvalue weighted by Gasteiger charge is 2.62. The van der Waals surface area contributed by atoms with Crippen molar-refractivity contribution in [1.29, 1.82) is 0 Å². The summed E-state index contributed by atoms with van der Waals surface area (Å²) in [5, 5.41) is 19.6. The third-order valence-electron chi connectivity index (χ3n) is 8.61. The molecule has 0 aromatic rings. The minimum absolute atomic E-state index is 0.0790. The van der Waals surface area contributed by atoms with Crippen molar-refractivity contribution in [2.24, 2.45) is 34.5 Å². The second-order valence-electron chi connectivity index (χ2n) is 9.36. The summed E-state index contributed by atoms with van der Waals surface area (Å²) in [6.07, 6.45) is 8.20. The second-order valence-corrected chi connectivity index (χ2v) is 9.36. The molecule has 8 atom stereocenters. The maximum Gasteiger partial charge on any atom is 0.152 e. The number of aliphatic hydroxyl groups is 1. The van der Waals surface area contributed by atoms with E-state index in [4.69, 9.17) is 0 Å². The number of hydroxylamine groups is 1. The first kappa shape index (κ1) is 16.0. The Kier molecular flexibility index (Phi) is 3.68. The summed E-state index contributed by atoms with van der Waals surface area (Å²) >= 11 is 0. The average molecular weight is 321 g/mol. The van der Waals surface area contributed by atoms with Gasteiger partial charge in [0.05, 0.1) is 12.1 Å². The normalized spacial score (nSPS) is 55.9. The molecular weight excluding hydrogens is 290 g/mol. The Morgan fingerprint density at radius 1 is 1.04 bits per heavy atom. The number of Topliss-reactive ketones (excluding diaryl/α,β-unsaturated/α-hetero) is 1. The fourth-order valence-electron chi connectivity index (χ4n) is 7.25. The van der Waals surface area contributed by atoms with E-state index in [2.05, 4.69) is 19.3 Å². The molecule has 4 aliphatic carbocycles. The fourth-order valence-corrected chi connectivity index (χ4v) is 7.25. The Labute approximate surface area is 139 Å². The van der Waals surface area contributed by atoms with Gasteiger partial charge in [0.1, 0.15) is 0 Å². The molecule has 0 heterocycles. The van der Waals surface area contributed by atoms with Gasteiger partial charge in [-0.15, -0.1) is 0 Å². The summed E-state index contributed by atoms with van der Waals surface area (Å²) < 4.78 is 0. The maximum absolute atomic E-state index is 12.4. The zero-order valence-electron chi connectivity index (χ0n) is 14.4. The van der Waals surface area contributed by atoms with Gasteiger partial charge in [0.15, 0.2) is 5.78 Å². The number of hydrogen-bond donors (Lipinski definition) is 3. The van der Waals surface area contributed by atoms with Gasteiger partial charge >= 0.3 is 0 Å². The van der Waals surface area contributed by atoms with Gasteiger partial charge in [-0.3, -0.25) is 4.79 Å². The monoisotopic (exact) mass is 321 g/mol. The quantitative estimate of drug-likeness (QED) is 0.650. The van der Waals surface area contributed by atoms with Crippen molar-refractivity contribution in [1.82, 2.24) is 5.48 Å². The molecule has 130 valence electrons. The number of hydrogen-bond acceptors (Lipinski definition) is 4. The Morgan fingerprint density at radius 2 is 1.78 bits per heavy atom. The standard InChI is InChI=1S/C19H31NO3/c1-18-7-5-12(21)9-11(18)3-4-13-14(18)6-8-19(2)15(13)10-16(22)17(19)20-23/h11-15,17,20-21,23H,3-10H2,1-2H3/t11?,12-,13+,14-,15-,17?,18-,19-/m0/s1. The van der Waals surface area contributed by atoms with Crippen molar-refractivity contribution < 1.29 is 15.1 Å². The zero-order chi connectivity index (χ0) is 16.4. The van der Waals surface area contributed by atoms with E-state index >= 15 is 0 Å². The molecule has 0 spiro atoms. The van der Waals surface area contributed by atoms with Crippen LogP contribution < -0.4 is 5.48 Å². The van der Waals surface area contributed by atoms with Crippen molar-refractivity contribution in [3.63, 3.8) is 0 Å². The van der Waals surface area contributed by atoms with Crippen LogP contribution >= 0.6 is 0 Å². The lowest BCUT2D eigenvalue weighted by molar-refractivity contribution is -0.129. The van der Waals surface area contributed by atoms with Gasteiger partial charge < -0.3 is 10.3 Å². The number of carbonyl (C=O) groups excluding carboxylic acids is 1. The van der Waals surface area contributed by atoms with E-state index < -0.39 is 0 Å². The summed E-state index contributed by atoms with van der Waals surface area (Å²) in [4.78, 5) is 12.4. The SMILES string of the molecule is C[C@]12CC[C@H](O)CC1CC[C@@H]1[C@@H]2CC[C@]2(C)C(NO)C(=O)C[C@@H]12. The molecule has 4 rings (SSSR count). The first-order valence-electron chi connectivity index (χ1n) is 9.50. The highest BCUT2D eigenvalue weighted by molar-refractivity contribution is 5.87. The topological polar surface area (TPSA) is 69.6 Å². The van der Waals surface area contributed by atoms with Crippen molar-refractivity contribution >= 4 is 5.78 Å². The van der Waals surface area contributed by atoms with Crippen LogP contribution in [0.2, 0.25) is 0 Å². The molecule has 3 N–H and O–H groups in total. The highest BCUT2D eigenvalue weighted by atomic mass is 16.5. The molecule has 4 aliphatic rings. The molecule has 0 aliphatic heterocycles. The molecule has 4 fully saturated rings. The molecule has 0 aromatic carbocycles. The Hall–Kier alpha value is -0.450. The molecule has 4 saturated carbocycles. The first-order valence-corrected chi connectivity index (χ1v) is 9.50. The van der Waals surface area contributed by atoms with Crippen LogP contribution in [0.15, 0.2) is 0 Å². The Balaban J connectivity index is 1.64. The molecule has 0 radical (unpaired) electrons. The summed E-state index contributed by atoms with van der Waals surface area (Å²) in [6.45, 7) is 4.67. The van der Waals surface area contributed by atoms with Crippen LogP contribution in [-0.4, -0.2) is 28.2 Å². The lowest BCUT2D eigenvalue weighted by Gasteiger charge is -2.60.